The summed E-state index contributed by atoms with van der Waals surface area (Å²) in [6.07, 6.45) is 3.94. The number of rotatable bonds is 5. The van der Waals surface area contributed by atoms with E-state index in [9.17, 15) is 14.9 Å². The first-order valence-electron chi connectivity index (χ1n) is 5.82. The lowest BCUT2D eigenvalue weighted by molar-refractivity contribution is -0.151. The Morgan fingerprint density at radius 1 is 1.72 bits per heavy atom. The Kier molecular flexibility index (Phi) is 4.43. The molecule has 0 saturated heterocycles. The number of allylic oxidation sites excluding steroid dienone is 3. The predicted octanol–water partition coefficient (Wildman–Crippen LogP) is 2.17. The molecule has 0 saturated carbocycles. The summed E-state index contributed by atoms with van der Waals surface area (Å²) in [6.45, 7) is 5.41. The second kappa shape index (κ2) is 5.63. The van der Waals surface area contributed by atoms with Gasteiger partial charge in [-0.15, -0.1) is 6.58 Å². The number of esters is 1. The second-order valence-corrected chi connectivity index (χ2v) is 4.52. The number of hydrogen-bond donors (Lipinski definition) is 0. The van der Waals surface area contributed by atoms with Crippen molar-refractivity contribution in [1.82, 2.24) is 0 Å². The fraction of sp³-hybridized carbons (Fsp3) is 0.500. The molecule has 4 heteroatoms. The molecule has 0 bridgehead atoms. The van der Waals surface area contributed by atoms with Crippen LogP contribution in [-0.2, 0) is 14.3 Å². The molecule has 1 rings (SSSR count). The average Bonchev–Trinajstić information content (AvgIpc) is 2.67. The maximum absolute atomic E-state index is 11.9. The highest BCUT2D eigenvalue weighted by atomic mass is 16.5. The minimum Gasteiger partial charge on any atom is -0.468 e. The average molecular weight is 247 g/mol. The molecule has 18 heavy (non-hydrogen) atoms. The molecule has 0 amide bonds. The van der Waals surface area contributed by atoms with Crippen LogP contribution >= 0.6 is 0 Å². The zero-order valence-electron chi connectivity index (χ0n) is 10.7. The molecule has 0 aromatic carbocycles. The van der Waals surface area contributed by atoms with Crippen LogP contribution < -0.4 is 0 Å². The molecular weight excluding hydrogens is 230 g/mol. The largest absolute Gasteiger partial charge is 0.468 e. The maximum Gasteiger partial charge on any atom is 0.327 e. The molecule has 0 N–H and O–H groups in total. The highest BCUT2D eigenvalue weighted by Crippen LogP contribution is 2.48. The number of methoxy groups -OCH3 is 1. The highest BCUT2D eigenvalue weighted by Gasteiger charge is 2.53. The van der Waals surface area contributed by atoms with Crippen LogP contribution in [0.2, 0.25) is 0 Å². The predicted molar refractivity (Wildman–Crippen MR) is 66.4 cm³/mol. The van der Waals surface area contributed by atoms with Gasteiger partial charge in [0.15, 0.2) is 5.41 Å². The minimum absolute atomic E-state index is 0.270. The van der Waals surface area contributed by atoms with Gasteiger partial charge in [0.25, 0.3) is 0 Å². The van der Waals surface area contributed by atoms with E-state index < -0.39 is 17.3 Å². The van der Waals surface area contributed by atoms with E-state index in [1.165, 1.54) is 7.11 Å². The molecule has 0 heterocycles. The van der Waals surface area contributed by atoms with E-state index in [0.29, 0.717) is 18.4 Å². The number of hydrogen-bond acceptors (Lipinski definition) is 4. The van der Waals surface area contributed by atoms with Crippen molar-refractivity contribution in [3.8, 4) is 6.07 Å². The molecule has 0 aromatic rings. The van der Waals surface area contributed by atoms with E-state index in [1.54, 1.807) is 13.0 Å². The molecule has 0 radical (unpaired) electrons. The van der Waals surface area contributed by atoms with Crippen molar-refractivity contribution in [1.29, 1.82) is 5.26 Å². The fourth-order valence-electron chi connectivity index (χ4n) is 2.64. The summed E-state index contributed by atoms with van der Waals surface area (Å²) in [5.41, 5.74) is 0.104. The van der Waals surface area contributed by atoms with Crippen LogP contribution in [0, 0.1) is 22.7 Å². The SMILES string of the molecule is C=CCC[C@@H]1C(C=O)=C(C)C[C@@]1(C#N)C(=O)OC. The van der Waals surface area contributed by atoms with E-state index >= 15 is 0 Å². The second-order valence-electron chi connectivity index (χ2n) is 4.52. The van der Waals surface area contributed by atoms with Gasteiger partial charge < -0.3 is 4.74 Å². The molecule has 0 spiro atoms. The van der Waals surface area contributed by atoms with Gasteiger partial charge in [-0.1, -0.05) is 11.6 Å². The van der Waals surface area contributed by atoms with Gasteiger partial charge in [0.1, 0.15) is 6.29 Å². The minimum atomic E-state index is -1.25. The lowest BCUT2D eigenvalue weighted by Crippen LogP contribution is -2.36. The quantitative estimate of drug-likeness (QED) is 0.424. The van der Waals surface area contributed by atoms with Gasteiger partial charge in [0.05, 0.1) is 13.2 Å². The third-order valence-corrected chi connectivity index (χ3v) is 3.54. The smallest absolute Gasteiger partial charge is 0.327 e. The molecule has 0 aromatic heterocycles. The number of nitrogens with zero attached hydrogens (tertiary/aromatic N) is 1. The van der Waals surface area contributed by atoms with E-state index in [2.05, 4.69) is 12.6 Å². The zero-order chi connectivity index (χ0) is 13.8. The summed E-state index contributed by atoms with van der Waals surface area (Å²) in [5, 5.41) is 9.40. The number of ether oxygens (including phenoxy) is 1. The molecule has 0 aliphatic heterocycles. The van der Waals surface area contributed by atoms with E-state index in [0.717, 1.165) is 11.9 Å². The molecule has 1 aliphatic carbocycles. The standard InChI is InChI=1S/C14H17NO3/c1-4-5-6-12-11(8-16)10(2)7-14(12,9-15)13(17)18-3/h4,8,12H,1,5-7H2,2-3H3/t12-,14+/m1/s1. The normalized spacial score (nSPS) is 26.6. The molecule has 96 valence electrons. The van der Waals surface area contributed by atoms with Crippen molar-refractivity contribution >= 4 is 12.3 Å². The summed E-state index contributed by atoms with van der Waals surface area (Å²) in [7, 11) is 1.26. The topological polar surface area (TPSA) is 67.2 Å². The van der Waals surface area contributed by atoms with Crippen molar-refractivity contribution in [2.24, 2.45) is 11.3 Å². The van der Waals surface area contributed by atoms with Crippen molar-refractivity contribution in [2.45, 2.75) is 26.2 Å². The van der Waals surface area contributed by atoms with Gasteiger partial charge in [-0.3, -0.25) is 9.59 Å². The van der Waals surface area contributed by atoms with Gasteiger partial charge in [0.2, 0.25) is 0 Å². The van der Waals surface area contributed by atoms with Gasteiger partial charge in [-0.2, -0.15) is 5.26 Å². The summed E-state index contributed by atoms with van der Waals surface area (Å²) >= 11 is 0. The zero-order valence-corrected chi connectivity index (χ0v) is 10.7. The van der Waals surface area contributed by atoms with Gasteiger partial charge >= 0.3 is 5.97 Å². The van der Waals surface area contributed by atoms with Crippen molar-refractivity contribution in [2.75, 3.05) is 7.11 Å². The number of carbonyl (C=O) groups excluding carboxylic acids is 2. The van der Waals surface area contributed by atoms with Crippen LogP contribution in [0.4, 0.5) is 0 Å². The number of carbonyl (C=O) groups is 2. The monoisotopic (exact) mass is 247 g/mol. The summed E-state index contributed by atoms with van der Waals surface area (Å²) in [4.78, 5) is 23.1. The summed E-state index contributed by atoms with van der Waals surface area (Å²) in [5.74, 6) is -0.958. The molecule has 0 unspecified atom stereocenters. The molecule has 1 aliphatic rings. The molecular formula is C14H17NO3. The van der Waals surface area contributed by atoms with Crippen LogP contribution in [-0.4, -0.2) is 19.4 Å². The van der Waals surface area contributed by atoms with Crippen LogP contribution in [0.15, 0.2) is 23.8 Å². The third kappa shape index (κ3) is 2.08. The van der Waals surface area contributed by atoms with Crippen molar-refractivity contribution in [3.05, 3.63) is 23.8 Å². The van der Waals surface area contributed by atoms with E-state index in [-0.39, 0.29) is 6.42 Å². The number of aldehydes is 1. The van der Waals surface area contributed by atoms with Crippen LogP contribution in [0.25, 0.3) is 0 Å². The van der Waals surface area contributed by atoms with E-state index in [4.69, 9.17) is 4.74 Å². The van der Waals surface area contributed by atoms with Crippen LogP contribution in [0.3, 0.4) is 0 Å². The maximum atomic E-state index is 11.9. The van der Waals surface area contributed by atoms with Crippen LogP contribution in [0.5, 0.6) is 0 Å². The Hall–Kier alpha value is -1.89. The third-order valence-electron chi connectivity index (χ3n) is 3.54. The van der Waals surface area contributed by atoms with Crippen molar-refractivity contribution < 1.29 is 14.3 Å². The molecule has 0 fully saturated rings. The van der Waals surface area contributed by atoms with Crippen LogP contribution in [0.1, 0.15) is 26.2 Å². The van der Waals surface area contributed by atoms with E-state index in [1.807, 2.05) is 0 Å². The van der Waals surface area contributed by atoms with Crippen molar-refractivity contribution in [3.63, 3.8) is 0 Å². The highest BCUT2D eigenvalue weighted by molar-refractivity contribution is 5.87. The first-order valence-corrected chi connectivity index (χ1v) is 5.82. The Labute approximate surface area is 107 Å². The lowest BCUT2D eigenvalue weighted by Gasteiger charge is -2.26. The van der Waals surface area contributed by atoms with Gasteiger partial charge in [-0.25, -0.2) is 0 Å². The first-order chi connectivity index (χ1) is 8.57. The fourth-order valence-corrected chi connectivity index (χ4v) is 2.64. The summed E-state index contributed by atoms with van der Waals surface area (Å²) in [6, 6.07) is 2.07. The first kappa shape index (κ1) is 14.2. The molecule has 2 atom stereocenters. The Morgan fingerprint density at radius 2 is 2.39 bits per heavy atom. The lowest BCUT2D eigenvalue weighted by atomic mass is 9.74. The summed E-state index contributed by atoms with van der Waals surface area (Å²) < 4.78 is 4.75. The Bertz CT molecular complexity index is 444. The Morgan fingerprint density at radius 3 is 2.83 bits per heavy atom. The number of nitriles is 1. The Balaban J connectivity index is 3.20. The van der Waals surface area contributed by atoms with Gasteiger partial charge in [0, 0.05) is 5.92 Å². The van der Waals surface area contributed by atoms with Gasteiger partial charge in [-0.05, 0) is 31.8 Å². The molecule has 4 nitrogen and oxygen atoms in total.